The van der Waals surface area contributed by atoms with Crippen LogP contribution in [0.2, 0.25) is 0 Å². The van der Waals surface area contributed by atoms with Gasteiger partial charge in [0.25, 0.3) is 0 Å². The summed E-state index contributed by atoms with van der Waals surface area (Å²) in [6.07, 6.45) is -6.49. The number of esters is 1. The van der Waals surface area contributed by atoms with Gasteiger partial charge in [-0.05, 0) is 48.2 Å². The van der Waals surface area contributed by atoms with Gasteiger partial charge in [0.15, 0.2) is 23.0 Å². The summed E-state index contributed by atoms with van der Waals surface area (Å²) in [6.45, 7) is -0.405. The van der Waals surface area contributed by atoms with E-state index in [0.29, 0.717) is 17.7 Å². The molecular formula is C26H32O11. The highest BCUT2D eigenvalue weighted by Crippen LogP contribution is 2.42. The maximum atomic E-state index is 12.7. The topological polar surface area (TPSA) is 175 Å². The second-order valence-electron chi connectivity index (χ2n) is 9.40. The van der Waals surface area contributed by atoms with Crippen molar-refractivity contribution in [2.75, 3.05) is 27.4 Å². The zero-order valence-corrected chi connectivity index (χ0v) is 20.5. The van der Waals surface area contributed by atoms with Gasteiger partial charge >= 0.3 is 5.97 Å². The lowest BCUT2D eigenvalue weighted by Gasteiger charge is -2.40. The molecule has 202 valence electrons. The zero-order chi connectivity index (χ0) is 26.9. The third-order valence-electron chi connectivity index (χ3n) is 7.09. The molecule has 37 heavy (non-hydrogen) atoms. The molecule has 2 saturated heterocycles. The van der Waals surface area contributed by atoms with E-state index in [0.717, 1.165) is 5.56 Å². The Bertz CT molecular complexity index is 1120. The molecule has 2 fully saturated rings. The van der Waals surface area contributed by atoms with Crippen LogP contribution >= 0.6 is 0 Å². The van der Waals surface area contributed by atoms with E-state index in [-0.39, 0.29) is 47.7 Å². The number of ether oxygens (including phenoxy) is 4. The first-order valence-electron chi connectivity index (χ1n) is 11.9. The van der Waals surface area contributed by atoms with Gasteiger partial charge in [-0.1, -0.05) is 6.07 Å². The highest BCUT2D eigenvalue weighted by Gasteiger charge is 2.45. The lowest BCUT2D eigenvalue weighted by molar-refractivity contribution is -0.232. The predicted molar refractivity (Wildman–Crippen MR) is 127 cm³/mol. The molecule has 7 atom stereocenters. The van der Waals surface area contributed by atoms with Crippen molar-refractivity contribution in [3.05, 3.63) is 47.0 Å². The van der Waals surface area contributed by atoms with Crippen molar-refractivity contribution in [1.82, 2.24) is 0 Å². The molecule has 11 heteroatoms. The molecule has 2 heterocycles. The molecule has 0 amide bonds. The van der Waals surface area contributed by atoms with Crippen molar-refractivity contribution in [2.24, 2.45) is 11.8 Å². The Morgan fingerprint density at radius 2 is 1.62 bits per heavy atom. The number of hydrogen-bond donors (Lipinski definition) is 6. The normalized spacial score (nSPS) is 29.7. The summed E-state index contributed by atoms with van der Waals surface area (Å²) in [7, 11) is 2.80. The van der Waals surface area contributed by atoms with E-state index in [9.17, 15) is 35.4 Å². The minimum absolute atomic E-state index is 0.0125. The smallest absolute Gasteiger partial charge is 0.309 e. The Morgan fingerprint density at radius 3 is 2.30 bits per heavy atom. The summed E-state index contributed by atoms with van der Waals surface area (Å²) in [5.41, 5.74) is 1.52. The number of aromatic hydroxyl groups is 2. The van der Waals surface area contributed by atoms with Crippen LogP contribution in [0.3, 0.4) is 0 Å². The van der Waals surface area contributed by atoms with Crippen molar-refractivity contribution < 1.29 is 54.4 Å². The summed E-state index contributed by atoms with van der Waals surface area (Å²) < 4.78 is 21.4. The van der Waals surface area contributed by atoms with Crippen molar-refractivity contribution in [2.45, 2.75) is 43.4 Å². The van der Waals surface area contributed by atoms with Crippen LogP contribution in [0.15, 0.2) is 30.3 Å². The fourth-order valence-corrected chi connectivity index (χ4v) is 5.00. The number of cyclic esters (lactones) is 1. The fraction of sp³-hybridized carbons (Fsp3) is 0.500. The molecule has 11 nitrogen and oxygen atoms in total. The molecule has 0 aliphatic carbocycles. The Kier molecular flexibility index (Phi) is 8.10. The predicted octanol–water partition coefficient (Wildman–Crippen LogP) is 0.204. The van der Waals surface area contributed by atoms with E-state index in [1.54, 1.807) is 18.2 Å². The number of hydrogen-bond acceptors (Lipinski definition) is 11. The number of carbonyl (C=O) groups is 1. The maximum absolute atomic E-state index is 12.7. The standard InChI is InChI=1S/C26H32O11/c1-34-18-8-12(3-4-17(18)28)5-14-11-36-26(33)15(14)6-13-7-16(21(29)19(9-13)35-2)25-24(32)23(31)22(30)20(10-27)37-25/h3-4,7-9,14-15,20,22-25,27-32H,5-6,10-11H2,1-2H3/t14?,15?,20-,22-,23+,24-,25+/m1/s1. The van der Waals surface area contributed by atoms with Gasteiger partial charge in [-0.3, -0.25) is 4.79 Å². The minimum Gasteiger partial charge on any atom is -0.504 e. The molecule has 2 aliphatic heterocycles. The molecule has 4 rings (SSSR count). The first kappa shape index (κ1) is 27.0. The van der Waals surface area contributed by atoms with Crippen LogP contribution in [0.5, 0.6) is 23.0 Å². The van der Waals surface area contributed by atoms with Crippen LogP contribution in [0, 0.1) is 11.8 Å². The number of methoxy groups -OCH3 is 2. The van der Waals surface area contributed by atoms with E-state index in [1.807, 2.05) is 0 Å². The van der Waals surface area contributed by atoms with Crippen LogP contribution in [0.4, 0.5) is 0 Å². The fourth-order valence-electron chi connectivity index (χ4n) is 5.00. The van der Waals surface area contributed by atoms with E-state index in [4.69, 9.17) is 18.9 Å². The first-order chi connectivity index (χ1) is 17.7. The Labute approximate surface area is 213 Å². The Hall–Kier alpha value is -3.09. The summed E-state index contributed by atoms with van der Waals surface area (Å²) in [6, 6.07) is 8.08. The van der Waals surface area contributed by atoms with Gasteiger partial charge in [-0.2, -0.15) is 0 Å². The van der Waals surface area contributed by atoms with Gasteiger partial charge in [0.1, 0.15) is 30.5 Å². The van der Waals surface area contributed by atoms with Gasteiger partial charge in [-0.25, -0.2) is 0 Å². The molecule has 2 aromatic rings. The SMILES string of the molecule is COc1cc(CC2COC(=O)C2Cc2cc(OC)c(O)c([C@@H]3O[C@H](CO)[C@@H](O)[C@H](O)[C@H]3O)c2)ccc1O. The van der Waals surface area contributed by atoms with Gasteiger partial charge in [0.2, 0.25) is 0 Å². The van der Waals surface area contributed by atoms with Crippen LogP contribution in [-0.4, -0.2) is 88.5 Å². The number of carbonyl (C=O) groups excluding carboxylic acids is 1. The summed E-state index contributed by atoms with van der Waals surface area (Å²) in [4.78, 5) is 12.7. The van der Waals surface area contributed by atoms with Gasteiger partial charge < -0.3 is 49.6 Å². The van der Waals surface area contributed by atoms with E-state index >= 15 is 0 Å². The average molecular weight is 521 g/mol. The summed E-state index contributed by atoms with van der Waals surface area (Å²) in [5, 5.41) is 61.1. The minimum atomic E-state index is -1.62. The van der Waals surface area contributed by atoms with Crippen LogP contribution < -0.4 is 9.47 Å². The highest BCUT2D eigenvalue weighted by molar-refractivity contribution is 5.75. The Morgan fingerprint density at radius 1 is 0.919 bits per heavy atom. The molecule has 2 aliphatic rings. The number of aliphatic hydroxyl groups excluding tert-OH is 4. The third-order valence-corrected chi connectivity index (χ3v) is 7.09. The zero-order valence-electron chi connectivity index (χ0n) is 20.5. The maximum Gasteiger partial charge on any atom is 0.309 e. The van der Waals surface area contributed by atoms with Crippen molar-refractivity contribution in [3.63, 3.8) is 0 Å². The van der Waals surface area contributed by atoms with Crippen molar-refractivity contribution in [1.29, 1.82) is 0 Å². The van der Waals surface area contributed by atoms with Crippen LogP contribution in [0.1, 0.15) is 22.8 Å². The molecule has 6 N–H and O–H groups in total. The van der Waals surface area contributed by atoms with E-state index < -0.39 is 43.0 Å². The van der Waals surface area contributed by atoms with Gasteiger partial charge in [0.05, 0.1) is 33.4 Å². The van der Waals surface area contributed by atoms with E-state index in [2.05, 4.69) is 0 Å². The second-order valence-corrected chi connectivity index (χ2v) is 9.40. The Balaban J connectivity index is 1.62. The number of phenolic OH excluding ortho intramolecular Hbond substituents is 2. The third kappa shape index (κ3) is 5.32. The van der Waals surface area contributed by atoms with Gasteiger partial charge in [-0.15, -0.1) is 0 Å². The number of benzene rings is 2. The van der Waals surface area contributed by atoms with Crippen molar-refractivity contribution >= 4 is 5.97 Å². The molecule has 2 unspecified atom stereocenters. The monoisotopic (exact) mass is 520 g/mol. The van der Waals surface area contributed by atoms with Crippen LogP contribution in [0.25, 0.3) is 0 Å². The van der Waals surface area contributed by atoms with Crippen LogP contribution in [-0.2, 0) is 27.1 Å². The molecule has 0 saturated carbocycles. The lowest BCUT2D eigenvalue weighted by atomic mass is 9.83. The molecule has 0 bridgehead atoms. The lowest BCUT2D eigenvalue weighted by Crippen LogP contribution is -2.55. The largest absolute Gasteiger partial charge is 0.504 e. The number of rotatable bonds is 8. The molecule has 0 radical (unpaired) electrons. The molecule has 2 aromatic carbocycles. The van der Waals surface area contributed by atoms with Gasteiger partial charge in [0, 0.05) is 11.5 Å². The first-order valence-corrected chi connectivity index (χ1v) is 11.9. The van der Waals surface area contributed by atoms with Crippen molar-refractivity contribution in [3.8, 4) is 23.0 Å². The average Bonchev–Trinajstić information content (AvgIpc) is 3.23. The number of phenols is 2. The summed E-state index contributed by atoms with van der Waals surface area (Å²) in [5.74, 6) is -1.02. The summed E-state index contributed by atoms with van der Waals surface area (Å²) >= 11 is 0. The highest BCUT2D eigenvalue weighted by atomic mass is 16.5. The molecular weight excluding hydrogens is 488 g/mol. The quantitative estimate of drug-likeness (QED) is 0.262. The second kappa shape index (κ2) is 11.1. The number of aliphatic hydroxyl groups is 4. The molecule has 0 aromatic heterocycles. The molecule has 0 spiro atoms. The van der Waals surface area contributed by atoms with E-state index in [1.165, 1.54) is 26.4 Å².